The first-order valence-corrected chi connectivity index (χ1v) is 11.3. The normalized spacial score (nSPS) is 14.7. The number of carbonyl (C=O) groups is 1. The van der Waals surface area contributed by atoms with Crippen LogP contribution in [0.4, 0.5) is 5.69 Å². The monoisotopic (exact) mass is 455 g/mol. The molecule has 0 bridgehead atoms. The number of rotatable bonds is 5. The highest BCUT2D eigenvalue weighted by Crippen LogP contribution is 2.34. The zero-order valence-corrected chi connectivity index (χ0v) is 18.8. The molecule has 3 aromatic heterocycles. The fourth-order valence-electron chi connectivity index (χ4n) is 4.64. The molecule has 4 heterocycles. The molecule has 1 saturated heterocycles. The number of carbonyl (C=O) groups excluding carboxylic acids is 1. The molecule has 5 aromatic rings. The second-order valence-electron chi connectivity index (χ2n) is 8.59. The van der Waals surface area contributed by atoms with Crippen molar-refractivity contribution in [2.45, 2.75) is 6.54 Å². The summed E-state index contributed by atoms with van der Waals surface area (Å²) in [4.78, 5) is 18.8. The SMILES string of the molecule is Cn1nc(CN2CCOCC2)cc1C(=O)Nc1cc(-c2cccc3[nH]ccc23)cc2[nH]ncc12. The number of morpholine rings is 1. The number of fused-ring (bicyclic) bond motifs is 2. The molecule has 0 atom stereocenters. The van der Waals surface area contributed by atoms with E-state index in [1.807, 2.05) is 30.5 Å². The lowest BCUT2D eigenvalue weighted by Crippen LogP contribution is -2.35. The van der Waals surface area contributed by atoms with Crippen molar-refractivity contribution in [3.8, 4) is 11.1 Å². The molecular weight excluding hydrogens is 430 g/mol. The van der Waals surface area contributed by atoms with Crippen LogP contribution < -0.4 is 5.32 Å². The van der Waals surface area contributed by atoms with E-state index in [0.717, 1.165) is 64.9 Å². The summed E-state index contributed by atoms with van der Waals surface area (Å²) in [5, 5.41) is 16.9. The van der Waals surface area contributed by atoms with Crippen LogP contribution in [0, 0.1) is 0 Å². The average Bonchev–Trinajstić information content (AvgIpc) is 3.59. The van der Waals surface area contributed by atoms with Crippen LogP contribution in [0.2, 0.25) is 0 Å². The Morgan fingerprint density at radius 2 is 2.00 bits per heavy atom. The van der Waals surface area contributed by atoms with E-state index < -0.39 is 0 Å². The van der Waals surface area contributed by atoms with Crippen molar-refractivity contribution < 1.29 is 9.53 Å². The Balaban J connectivity index is 1.31. The Labute approximate surface area is 195 Å². The molecule has 9 heteroatoms. The third-order valence-corrected chi connectivity index (χ3v) is 6.37. The predicted molar refractivity (Wildman–Crippen MR) is 131 cm³/mol. The summed E-state index contributed by atoms with van der Waals surface area (Å²) in [6, 6.07) is 14.1. The van der Waals surface area contributed by atoms with Crippen LogP contribution in [0.15, 0.2) is 54.9 Å². The van der Waals surface area contributed by atoms with E-state index >= 15 is 0 Å². The van der Waals surface area contributed by atoms with Gasteiger partial charge in [-0.15, -0.1) is 0 Å². The van der Waals surface area contributed by atoms with E-state index in [-0.39, 0.29) is 5.91 Å². The van der Waals surface area contributed by atoms with E-state index in [9.17, 15) is 4.79 Å². The second kappa shape index (κ2) is 8.44. The summed E-state index contributed by atoms with van der Waals surface area (Å²) < 4.78 is 7.06. The number of nitrogens with zero attached hydrogens (tertiary/aromatic N) is 4. The molecule has 1 aliphatic rings. The number of aryl methyl sites for hydroxylation is 1. The van der Waals surface area contributed by atoms with Gasteiger partial charge >= 0.3 is 0 Å². The molecule has 9 nitrogen and oxygen atoms in total. The molecule has 1 aliphatic heterocycles. The van der Waals surface area contributed by atoms with E-state index in [0.29, 0.717) is 17.9 Å². The molecule has 172 valence electrons. The summed E-state index contributed by atoms with van der Waals surface area (Å²) in [7, 11) is 1.80. The Bertz CT molecular complexity index is 1490. The lowest BCUT2D eigenvalue weighted by molar-refractivity contribution is 0.0336. The molecule has 0 aliphatic carbocycles. The molecule has 2 aromatic carbocycles. The third kappa shape index (κ3) is 3.74. The Kier molecular flexibility index (Phi) is 5.12. The van der Waals surface area contributed by atoms with Gasteiger partial charge in [0.25, 0.3) is 5.91 Å². The minimum Gasteiger partial charge on any atom is -0.379 e. The fourth-order valence-corrected chi connectivity index (χ4v) is 4.64. The van der Waals surface area contributed by atoms with Crippen LogP contribution in [0.5, 0.6) is 0 Å². The highest BCUT2D eigenvalue weighted by atomic mass is 16.5. The summed E-state index contributed by atoms with van der Waals surface area (Å²) in [6.45, 7) is 3.91. The van der Waals surface area contributed by atoms with Crippen molar-refractivity contribution in [3.05, 3.63) is 66.2 Å². The van der Waals surface area contributed by atoms with Gasteiger partial charge in [0.15, 0.2) is 0 Å². The van der Waals surface area contributed by atoms with Crippen molar-refractivity contribution >= 4 is 33.4 Å². The molecule has 34 heavy (non-hydrogen) atoms. The Morgan fingerprint density at radius 1 is 1.12 bits per heavy atom. The second-order valence-corrected chi connectivity index (χ2v) is 8.59. The number of amides is 1. The summed E-state index contributed by atoms with van der Waals surface area (Å²) in [5.74, 6) is -0.206. The minimum atomic E-state index is -0.206. The maximum absolute atomic E-state index is 13.3. The lowest BCUT2D eigenvalue weighted by Gasteiger charge is -2.25. The lowest BCUT2D eigenvalue weighted by atomic mass is 9.99. The van der Waals surface area contributed by atoms with E-state index in [4.69, 9.17) is 4.74 Å². The Hall–Kier alpha value is -3.95. The summed E-state index contributed by atoms with van der Waals surface area (Å²) in [5.41, 5.74) is 6.09. The van der Waals surface area contributed by atoms with Gasteiger partial charge in [-0.1, -0.05) is 12.1 Å². The van der Waals surface area contributed by atoms with Gasteiger partial charge in [-0.2, -0.15) is 10.2 Å². The number of hydrogen-bond donors (Lipinski definition) is 3. The minimum absolute atomic E-state index is 0.206. The number of aromatic nitrogens is 5. The van der Waals surface area contributed by atoms with Crippen LogP contribution in [-0.2, 0) is 18.3 Å². The first kappa shape index (κ1) is 20.6. The molecule has 3 N–H and O–H groups in total. The first-order chi connectivity index (χ1) is 16.7. The summed E-state index contributed by atoms with van der Waals surface area (Å²) in [6.07, 6.45) is 3.67. The molecule has 0 spiro atoms. The van der Waals surface area contributed by atoms with Gasteiger partial charge in [0.05, 0.1) is 36.3 Å². The predicted octanol–water partition coefficient (Wildman–Crippen LogP) is 3.53. The van der Waals surface area contributed by atoms with Crippen LogP contribution in [0.25, 0.3) is 32.9 Å². The van der Waals surface area contributed by atoms with Crippen LogP contribution in [0.3, 0.4) is 0 Å². The quantitative estimate of drug-likeness (QED) is 0.376. The number of H-pyrrole nitrogens is 2. The van der Waals surface area contributed by atoms with Crippen LogP contribution in [-0.4, -0.2) is 62.1 Å². The van der Waals surface area contributed by atoms with Crippen molar-refractivity contribution in [1.82, 2.24) is 29.9 Å². The van der Waals surface area contributed by atoms with Crippen molar-refractivity contribution in [3.63, 3.8) is 0 Å². The third-order valence-electron chi connectivity index (χ3n) is 6.37. The maximum atomic E-state index is 13.3. The van der Waals surface area contributed by atoms with Gasteiger partial charge in [-0.25, -0.2) is 0 Å². The maximum Gasteiger partial charge on any atom is 0.273 e. The van der Waals surface area contributed by atoms with Gasteiger partial charge in [0, 0.05) is 49.2 Å². The topological polar surface area (TPSA) is 104 Å². The van der Waals surface area contributed by atoms with Crippen molar-refractivity contribution in [2.24, 2.45) is 7.05 Å². The largest absolute Gasteiger partial charge is 0.379 e. The van der Waals surface area contributed by atoms with E-state index in [1.165, 1.54) is 0 Å². The van der Waals surface area contributed by atoms with Gasteiger partial charge in [0.2, 0.25) is 0 Å². The van der Waals surface area contributed by atoms with Gasteiger partial charge in [-0.05, 0) is 41.5 Å². The number of nitrogens with one attached hydrogen (secondary N) is 3. The van der Waals surface area contributed by atoms with Crippen molar-refractivity contribution in [2.75, 3.05) is 31.6 Å². The van der Waals surface area contributed by atoms with Crippen LogP contribution >= 0.6 is 0 Å². The molecular formula is C25H25N7O2. The zero-order valence-electron chi connectivity index (χ0n) is 18.8. The Morgan fingerprint density at radius 3 is 2.88 bits per heavy atom. The molecule has 0 unspecified atom stereocenters. The first-order valence-electron chi connectivity index (χ1n) is 11.3. The average molecular weight is 456 g/mol. The number of anilines is 1. The fraction of sp³-hybridized carbons (Fsp3) is 0.240. The number of benzene rings is 2. The smallest absolute Gasteiger partial charge is 0.273 e. The number of ether oxygens (including phenoxy) is 1. The van der Waals surface area contributed by atoms with E-state index in [1.54, 1.807) is 17.9 Å². The van der Waals surface area contributed by atoms with E-state index in [2.05, 4.69) is 48.7 Å². The standard InChI is InChI=1S/C25H25N7O2/c1-31-24(13-17(30-31)15-32-7-9-34-10-8-32)25(33)28-22-11-16(12-23-20(22)14-27-29-23)18-3-2-4-21-19(18)5-6-26-21/h2-6,11-14,26H,7-10,15H2,1H3,(H,27,29)(H,28,33). The molecule has 0 radical (unpaired) electrons. The zero-order chi connectivity index (χ0) is 23.1. The molecule has 1 amide bonds. The molecule has 6 rings (SSSR count). The number of aromatic amines is 2. The van der Waals surface area contributed by atoms with Gasteiger partial charge in [-0.3, -0.25) is 19.5 Å². The van der Waals surface area contributed by atoms with Crippen molar-refractivity contribution in [1.29, 1.82) is 0 Å². The van der Waals surface area contributed by atoms with Gasteiger partial charge < -0.3 is 15.0 Å². The highest BCUT2D eigenvalue weighted by Gasteiger charge is 2.19. The van der Waals surface area contributed by atoms with Gasteiger partial charge in [0.1, 0.15) is 5.69 Å². The highest BCUT2D eigenvalue weighted by molar-refractivity contribution is 6.09. The van der Waals surface area contributed by atoms with Crippen LogP contribution in [0.1, 0.15) is 16.2 Å². The molecule has 0 saturated carbocycles. The summed E-state index contributed by atoms with van der Waals surface area (Å²) >= 11 is 0. The molecule has 1 fully saturated rings. The number of hydrogen-bond acceptors (Lipinski definition) is 5.